The highest BCUT2D eigenvalue weighted by Crippen LogP contribution is 2.18. The fourth-order valence-corrected chi connectivity index (χ4v) is 3.86. The molecule has 0 bridgehead atoms. The summed E-state index contributed by atoms with van der Waals surface area (Å²) in [7, 11) is 0. The van der Waals surface area contributed by atoms with Crippen molar-refractivity contribution < 1.29 is 14.4 Å². The lowest BCUT2D eigenvalue weighted by Gasteiger charge is -2.45. The summed E-state index contributed by atoms with van der Waals surface area (Å²) in [6.45, 7) is 1.40. The van der Waals surface area contributed by atoms with Gasteiger partial charge in [-0.1, -0.05) is 60.7 Å². The molecule has 2 aliphatic rings. The van der Waals surface area contributed by atoms with Crippen molar-refractivity contribution in [2.45, 2.75) is 25.0 Å². The topological polar surface area (TPSA) is 81.8 Å². The average molecular weight is 392 g/mol. The lowest BCUT2D eigenvalue weighted by atomic mass is 9.99. The maximum atomic E-state index is 12.9. The minimum atomic E-state index is -0.634. The molecular formula is C22H24N4O3. The summed E-state index contributed by atoms with van der Waals surface area (Å²) < 4.78 is 0. The highest BCUT2D eigenvalue weighted by atomic mass is 16.2. The first-order valence-corrected chi connectivity index (χ1v) is 9.83. The minimum Gasteiger partial charge on any atom is -0.342 e. The van der Waals surface area contributed by atoms with E-state index in [1.165, 1.54) is 0 Å². The van der Waals surface area contributed by atoms with Crippen molar-refractivity contribution in [3.63, 3.8) is 0 Å². The molecular weight excluding hydrogens is 368 g/mol. The van der Waals surface area contributed by atoms with Gasteiger partial charge in [0.25, 0.3) is 0 Å². The van der Waals surface area contributed by atoms with Crippen molar-refractivity contribution in [1.29, 1.82) is 0 Å². The van der Waals surface area contributed by atoms with Crippen LogP contribution in [0, 0.1) is 0 Å². The Kier molecular flexibility index (Phi) is 5.46. The number of rotatable bonds is 4. The maximum absolute atomic E-state index is 12.9. The first-order chi connectivity index (χ1) is 14.1. The van der Waals surface area contributed by atoms with Crippen molar-refractivity contribution >= 4 is 17.8 Å². The highest BCUT2D eigenvalue weighted by Gasteiger charge is 2.44. The second kappa shape index (κ2) is 8.34. The molecule has 2 aliphatic heterocycles. The number of piperazine rings is 2. The Hall–Kier alpha value is -3.35. The number of nitrogens with one attached hydrogen (secondary N) is 2. The molecule has 7 heteroatoms. The van der Waals surface area contributed by atoms with Crippen LogP contribution in [0.1, 0.15) is 11.1 Å². The molecule has 2 aromatic rings. The van der Waals surface area contributed by atoms with Crippen molar-refractivity contribution in [3.8, 4) is 0 Å². The van der Waals surface area contributed by atoms with Crippen LogP contribution in [0.3, 0.4) is 0 Å². The molecule has 2 aromatic carbocycles. The predicted molar refractivity (Wildman–Crippen MR) is 108 cm³/mol. The van der Waals surface area contributed by atoms with E-state index in [1.807, 2.05) is 60.7 Å². The first kappa shape index (κ1) is 19.0. The predicted octanol–water partition coefficient (Wildman–Crippen LogP) is 1.15. The number of carbonyl (C=O) groups excluding carboxylic acids is 3. The van der Waals surface area contributed by atoms with Crippen LogP contribution in [0.5, 0.6) is 0 Å². The lowest BCUT2D eigenvalue weighted by Crippen LogP contribution is -2.70. The average Bonchev–Trinajstić information content (AvgIpc) is 2.77. The Bertz CT molecular complexity index is 887. The van der Waals surface area contributed by atoms with Gasteiger partial charge in [-0.3, -0.25) is 9.59 Å². The lowest BCUT2D eigenvalue weighted by molar-refractivity contribution is -0.152. The number of nitrogens with zero attached hydrogens (tertiary/aromatic N) is 2. The van der Waals surface area contributed by atoms with Crippen LogP contribution in [0.4, 0.5) is 4.79 Å². The van der Waals surface area contributed by atoms with Gasteiger partial charge in [-0.25, -0.2) is 4.79 Å². The molecule has 0 saturated carbocycles. The second-order valence-corrected chi connectivity index (χ2v) is 7.39. The van der Waals surface area contributed by atoms with E-state index in [-0.39, 0.29) is 24.4 Å². The molecule has 29 heavy (non-hydrogen) atoms. The summed E-state index contributed by atoms with van der Waals surface area (Å²) in [6.07, 6.45) is 0.468. The summed E-state index contributed by atoms with van der Waals surface area (Å²) >= 11 is 0. The number of fused-ring (bicyclic) bond motifs is 1. The largest absolute Gasteiger partial charge is 0.342 e. The fourth-order valence-electron chi connectivity index (χ4n) is 3.86. The zero-order valence-corrected chi connectivity index (χ0v) is 16.1. The molecule has 7 nitrogen and oxygen atoms in total. The Morgan fingerprint density at radius 1 is 0.966 bits per heavy atom. The molecule has 4 amide bonds. The van der Waals surface area contributed by atoms with Crippen molar-refractivity contribution in [2.24, 2.45) is 0 Å². The smallest absolute Gasteiger partial charge is 0.317 e. The number of hydrogen-bond donors (Lipinski definition) is 2. The van der Waals surface area contributed by atoms with Crippen LogP contribution in [-0.4, -0.2) is 59.4 Å². The van der Waals surface area contributed by atoms with Gasteiger partial charge in [-0.05, 0) is 11.1 Å². The summed E-state index contributed by atoms with van der Waals surface area (Å²) in [5.41, 5.74) is 2.01. The van der Waals surface area contributed by atoms with E-state index < -0.39 is 12.1 Å². The van der Waals surface area contributed by atoms with Gasteiger partial charge in [-0.2, -0.15) is 0 Å². The Morgan fingerprint density at radius 2 is 1.62 bits per heavy atom. The van der Waals surface area contributed by atoms with Gasteiger partial charge in [0, 0.05) is 26.1 Å². The van der Waals surface area contributed by atoms with Gasteiger partial charge in [0.1, 0.15) is 12.1 Å². The van der Waals surface area contributed by atoms with Crippen LogP contribution >= 0.6 is 0 Å². The molecule has 150 valence electrons. The van der Waals surface area contributed by atoms with E-state index in [9.17, 15) is 14.4 Å². The number of benzene rings is 2. The van der Waals surface area contributed by atoms with Gasteiger partial charge < -0.3 is 20.4 Å². The summed E-state index contributed by atoms with van der Waals surface area (Å²) in [5, 5.41) is 5.73. The molecule has 2 atom stereocenters. The molecule has 2 fully saturated rings. The third kappa shape index (κ3) is 4.23. The van der Waals surface area contributed by atoms with Crippen molar-refractivity contribution in [1.82, 2.24) is 20.4 Å². The monoisotopic (exact) mass is 392 g/mol. The Balaban J connectivity index is 1.36. The zero-order valence-electron chi connectivity index (χ0n) is 16.1. The van der Waals surface area contributed by atoms with Crippen LogP contribution in [-0.2, 0) is 22.6 Å². The molecule has 2 saturated heterocycles. The molecule has 0 aromatic heterocycles. The van der Waals surface area contributed by atoms with E-state index in [1.54, 1.807) is 9.80 Å². The number of carbonyl (C=O) groups is 3. The first-order valence-electron chi connectivity index (χ1n) is 9.83. The number of amides is 4. The summed E-state index contributed by atoms with van der Waals surface area (Å²) in [4.78, 5) is 41.3. The van der Waals surface area contributed by atoms with E-state index >= 15 is 0 Å². The third-order valence-electron chi connectivity index (χ3n) is 5.44. The summed E-state index contributed by atoms with van der Waals surface area (Å²) in [5.74, 6) is -0.283. The Morgan fingerprint density at radius 3 is 2.31 bits per heavy atom. The number of hydrogen-bond acceptors (Lipinski definition) is 3. The van der Waals surface area contributed by atoms with Crippen LogP contribution in [0.15, 0.2) is 60.7 Å². The molecule has 4 rings (SSSR count). The Labute approximate surface area is 169 Å². The molecule has 2 heterocycles. The van der Waals surface area contributed by atoms with E-state index in [0.717, 1.165) is 11.1 Å². The fraction of sp³-hybridized carbons (Fsp3) is 0.318. The van der Waals surface area contributed by atoms with Crippen LogP contribution in [0.2, 0.25) is 0 Å². The van der Waals surface area contributed by atoms with Gasteiger partial charge >= 0.3 is 6.03 Å². The van der Waals surface area contributed by atoms with Crippen molar-refractivity contribution in [3.05, 3.63) is 71.8 Å². The van der Waals surface area contributed by atoms with E-state index in [4.69, 9.17) is 0 Å². The normalized spacial score (nSPS) is 21.4. The number of urea groups is 1. The van der Waals surface area contributed by atoms with E-state index in [0.29, 0.717) is 26.1 Å². The van der Waals surface area contributed by atoms with Crippen molar-refractivity contribution in [2.75, 3.05) is 19.6 Å². The molecule has 0 spiro atoms. The van der Waals surface area contributed by atoms with Gasteiger partial charge in [0.05, 0.1) is 6.54 Å². The molecule has 0 unspecified atom stereocenters. The third-order valence-corrected chi connectivity index (χ3v) is 5.44. The molecule has 0 radical (unpaired) electrons. The quantitative estimate of drug-likeness (QED) is 0.819. The van der Waals surface area contributed by atoms with Gasteiger partial charge in [-0.15, -0.1) is 0 Å². The van der Waals surface area contributed by atoms with Gasteiger partial charge in [0.15, 0.2) is 0 Å². The van der Waals surface area contributed by atoms with Crippen LogP contribution < -0.4 is 10.6 Å². The van der Waals surface area contributed by atoms with Gasteiger partial charge in [0.2, 0.25) is 11.8 Å². The minimum absolute atomic E-state index is 0.0807. The summed E-state index contributed by atoms with van der Waals surface area (Å²) in [6, 6.07) is 17.9. The highest BCUT2D eigenvalue weighted by molar-refractivity contribution is 5.97. The molecule has 0 aliphatic carbocycles. The van der Waals surface area contributed by atoms with E-state index in [2.05, 4.69) is 10.6 Å². The SMILES string of the molecule is O=C1N[C@H](Cc2ccccc2)C(=O)N2CCN(C(=O)NCc3ccccc3)C[C@H]12. The van der Waals surface area contributed by atoms with Crippen LogP contribution in [0.25, 0.3) is 0 Å². The molecule has 2 N–H and O–H groups in total. The standard InChI is InChI=1S/C22H24N4O3/c27-20-19-15-25(22(29)23-14-17-9-5-2-6-10-17)11-12-26(19)21(28)18(24-20)13-16-7-3-1-4-8-16/h1-10,18-19H,11-15H2,(H,23,29)(H,24,27)/t18-,19-/m1/s1. The zero-order chi connectivity index (χ0) is 20.2. The second-order valence-electron chi connectivity index (χ2n) is 7.39. The maximum Gasteiger partial charge on any atom is 0.317 e.